The third kappa shape index (κ3) is 4.74. The number of nitrogens with two attached hydrogens (primary N) is 1. The molecule has 0 amide bonds. The SMILES string of the molecule is Cc1ccc(C(CN)Cc2cccc(OCc3ccccc3)c2)cc1C. The normalized spacial score (nSPS) is 12.0. The van der Waals surface area contributed by atoms with Gasteiger partial charge in [0.05, 0.1) is 0 Å². The molecule has 0 saturated carbocycles. The van der Waals surface area contributed by atoms with Crippen molar-refractivity contribution >= 4 is 0 Å². The first-order chi connectivity index (χ1) is 12.7. The Morgan fingerprint density at radius 2 is 1.58 bits per heavy atom. The Balaban J connectivity index is 1.69. The van der Waals surface area contributed by atoms with E-state index in [0.29, 0.717) is 19.1 Å². The van der Waals surface area contributed by atoms with Gasteiger partial charge in [0.2, 0.25) is 0 Å². The lowest BCUT2D eigenvalue weighted by atomic mass is 9.90. The summed E-state index contributed by atoms with van der Waals surface area (Å²) in [6, 6.07) is 25.3. The first-order valence-electron chi connectivity index (χ1n) is 9.18. The van der Waals surface area contributed by atoms with Crippen LogP contribution in [0.1, 0.15) is 33.7 Å². The van der Waals surface area contributed by atoms with Crippen LogP contribution in [0.4, 0.5) is 0 Å². The van der Waals surface area contributed by atoms with Gasteiger partial charge in [-0.05, 0) is 66.8 Å². The average molecular weight is 345 g/mol. The van der Waals surface area contributed by atoms with Crippen molar-refractivity contribution in [3.63, 3.8) is 0 Å². The van der Waals surface area contributed by atoms with Crippen molar-refractivity contribution in [2.45, 2.75) is 32.8 Å². The molecule has 1 unspecified atom stereocenters. The Morgan fingerprint density at radius 3 is 2.31 bits per heavy atom. The zero-order valence-corrected chi connectivity index (χ0v) is 15.6. The van der Waals surface area contributed by atoms with Crippen LogP contribution in [-0.4, -0.2) is 6.54 Å². The molecular weight excluding hydrogens is 318 g/mol. The van der Waals surface area contributed by atoms with Crippen LogP contribution in [0.2, 0.25) is 0 Å². The Hall–Kier alpha value is -2.58. The van der Waals surface area contributed by atoms with Gasteiger partial charge in [-0.15, -0.1) is 0 Å². The lowest BCUT2D eigenvalue weighted by molar-refractivity contribution is 0.306. The summed E-state index contributed by atoms with van der Waals surface area (Å²) >= 11 is 0. The molecule has 0 spiro atoms. The lowest BCUT2D eigenvalue weighted by Gasteiger charge is -2.17. The summed E-state index contributed by atoms with van der Waals surface area (Å²) in [5.41, 5.74) is 12.5. The van der Waals surface area contributed by atoms with Crippen molar-refractivity contribution < 1.29 is 4.74 Å². The maximum absolute atomic E-state index is 6.08. The number of hydrogen-bond acceptors (Lipinski definition) is 2. The van der Waals surface area contributed by atoms with E-state index in [-0.39, 0.29) is 0 Å². The Kier molecular flexibility index (Phi) is 6.08. The largest absolute Gasteiger partial charge is 0.489 e. The predicted molar refractivity (Wildman–Crippen MR) is 109 cm³/mol. The molecule has 0 aromatic heterocycles. The summed E-state index contributed by atoms with van der Waals surface area (Å²) < 4.78 is 5.96. The van der Waals surface area contributed by atoms with Crippen LogP contribution in [0.5, 0.6) is 5.75 Å². The Labute approximate surface area is 156 Å². The highest BCUT2D eigenvalue weighted by Gasteiger charge is 2.12. The highest BCUT2D eigenvalue weighted by atomic mass is 16.5. The van der Waals surface area contributed by atoms with Gasteiger partial charge in [-0.3, -0.25) is 0 Å². The monoisotopic (exact) mass is 345 g/mol. The minimum Gasteiger partial charge on any atom is -0.489 e. The van der Waals surface area contributed by atoms with E-state index in [4.69, 9.17) is 10.5 Å². The van der Waals surface area contributed by atoms with Gasteiger partial charge in [0, 0.05) is 5.92 Å². The molecule has 1 atom stereocenters. The van der Waals surface area contributed by atoms with Crippen LogP contribution in [0.25, 0.3) is 0 Å². The molecule has 0 aliphatic rings. The van der Waals surface area contributed by atoms with Gasteiger partial charge in [-0.1, -0.05) is 60.7 Å². The molecule has 0 aliphatic carbocycles. The third-order valence-corrected chi connectivity index (χ3v) is 4.92. The van der Waals surface area contributed by atoms with E-state index in [1.165, 1.54) is 27.8 Å². The summed E-state index contributed by atoms with van der Waals surface area (Å²) in [4.78, 5) is 0. The minimum atomic E-state index is 0.318. The third-order valence-electron chi connectivity index (χ3n) is 4.92. The van der Waals surface area contributed by atoms with Crippen molar-refractivity contribution in [3.8, 4) is 5.75 Å². The van der Waals surface area contributed by atoms with Crippen LogP contribution < -0.4 is 10.5 Å². The molecule has 0 saturated heterocycles. The highest BCUT2D eigenvalue weighted by molar-refractivity contribution is 5.35. The van der Waals surface area contributed by atoms with Gasteiger partial charge in [0.25, 0.3) is 0 Å². The molecule has 3 aromatic rings. The van der Waals surface area contributed by atoms with Crippen molar-refractivity contribution in [1.82, 2.24) is 0 Å². The summed E-state index contributed by atoms with van der Waals surface area (Å²) in [7, 11) is 0. The van der Waals surface area contributed by atoms with Crippen LogP contribution in [-0.2, 0) is 13.0 Å². The van der Waals surface area contributed by atoms with Crippen molar-refractivity contribution in [1.29, 1.82) is 0 Å². The van der Waals surface area contributed by atoms with Crippen LogP contribution in [0.15, 0.2) is 72.8 Å². The first-order valence-corrected chi connectivity index (χ1v) is 9.18. The van der Waals surface area contributed by atoms with E-state index in [0.717, 1.165) is 12.2 Å². The van der Waals surface area contributed by atoms with Crippen molar-refractivity contribution in [2.24, 2.45) is 5.73 Å². The second kappa shape index (κ2) is 8.68. The van der Waals surface area contributed by atoms with Crippen molar-refractivity contribution in [3.05, 3.63) is 101 Å². The zero-order chi connectivity index (χ0) is 18.4. The summed E-state index contributed by atoms with van der Waals surface area (Å²) in [5.74, 6) is 1.22. The molecule has 0 bridgehead atoms. The molecule has 0 fully saturated rings. The maximum atomic E-state index is 6.08. The average Bonchev–Trinajstić information content (AvgIpc) is 2.68. The number of benzene rings is 3. The van der Waals surface area contributed by atoms with Crippen molar-refractivity contribution in [2.75, 3.05) is 6.54 Å². The standard InChI is InChI=1S/C24H27NO/c1-18-11-12-22(13-19(18)2)23(16-25)14-21-9-6-10-24(15-21)26-17-20-7-4-3-5-8-20/h3-13,15,23H,14,16-17,25H2,1-2H3. The minimum absolute atomic E-state index is 0.318. The first kappa shape index (κ1) is 18.2. The molecule has 0 aliphatic heterocycles. The number of hydrogen-bond donors (Lipinski definition) is 1. The van der Waals surface area contributed by atoms with Gasteiger partial charge in [-0.2, -0.15) is 0 Å². The molecule has 0 radical (unpaired) electrons. The van der Waals surface area contributed by atoms with Crippen LogP contribution in [0, 0.1) is 13.8 Å². The number of rotatable bonds is 7. The number of aryl methyl sites for hydroxylation is 2. The summed E-state index contributed by atoms with van der Waals surface area (Å²) in [6.07, 6.45) is 0.918. The van der Waals surface area contributed by atoms with Gasteiger partial charge >= 0.3 is 0 Å². The van der Waals surface area contributed by atoms with E-state index >= 15 is 0 Å². The zero-order valence-electron chi connectivity index (χ0n) is 15.6. The Morgan fingerprint density at radius 1 is 0.808 bits per heavy atom. The maximum Gasteiger partial charge on any atom is 0.120 e. The predicted octanol–water partition coefficient (Wildman–Crippen LogP) is 5.17. The van der Waals surface area contributed by atoms with Gasteiger partial charge < -0.3 is 10.5 Å². The smallest absolute Gasteiger partial charge is 0.120 e. The molecule has 2 heteroatoms. The summed E-state index contributed by atoms with van der Waals surface area (Å²) in [5, 5.41) is 0. The fourth-order valence-electron chi connectivity index (χ4n) is 3.14. The molecule has 0 heterocycles. The molecule has 3 aromatic carbocycles. The fraction of sp³-hybridized carbons (Fsp3) is 0.250. The number of ether oxygens (including phenoxy) is 1. The van der Waals surface area contributed by atoms with Crippen LogP contribution >= 0.6 is 0 Å². The summed E-state index contributed by atoms with van der Waals surface area (Å²) in [6.45, 7) is 5.52. The lowest BCUT2D eigenvalue weighted by Crippen LogP contribution is -2.15. The quantitative estimate of drug-likeness (QED) is 0.641. The highest BCUT2D eigenvalue weighted by Crippen LogP contribution is 2.24. The topological polar surface area (TPSA) is 35.2 Å². The molecule has 26 heavy (non-hydrogen) atoms. The second-order valence-corrected chi connectivity index (χ2v) is 6.90. The molecule has 3 rings (SSSR count). The van der Waals surface area contributed by atoms with E-state index in [9.17, 15) is 0 Å². The molecule has 2 nitrogen and oxygen atoms in total. The van der Waals surface area contributed by atoms with Gasteiger partial charge in [0.1, 0.15) is 12.4 Å². The fourth-order valence-corrected chi connectivity index (χ4v) is 3.14. The van der Waals surface area contributed by atoms with E-state index < -0.39 is 0 Å². The van der Waals surface area contributed by atoms with E-state index in [2.05, 4.69) is 62.4 Å². The van der Waals surface area contributed by atoms with Crippen LogP contribution in [0.3, 0.4) is 0 Å². The molecular formula is C24H27NO. The second-order valence-electron chi connectivity index (χ2n) is 6.90. The van der Waals surface area contributed by atoms with Gasteiger partial charge in [0.15, 0.2) is 0 Å². The van der Waals surface area contributed by atoms with Gasteiger partial charge in [-0.25, -0.2) is 0 Å². The molecule has 134 valence electrons. The Bertz CT molecular complexity index is 842. The van der Waals surface area contributed by atoms with E-state index in [1.807, 2.05) is 24.3 Å². The molecule has 2 N–H and O–H groups in total. The van der Waals surface area contributed by atoms with E-state index in [1.54, 1.807) is 0 Å².